The average molecular weight is 456 g/mol. The minimum absolute atomic E-state index is 0.250. The van der Waals surface area contributed by atoms with Crippen LogP contribution in [0.15, 0.2) is 42.6 Å². The molecule has 1 aliphatic heterocycles. The van der Waals surface area contributed by atoms with Gasteiger partial charge in [0.2, 0.25) is 10.0 Å². The van der Waals surface area contributed by atoms with Gasteiger partial charge in [-0.25, -0.2) is 8.42 Å². The number of hydrogen-bond donors (Lipinski definition) is 1. The summed E-state index contributed by atoms with van der Waals surface area (Å²) in [6.07, 6.45) is 1.67. The minimum atomic E-state index is -3.39. The second-order valence-corrected chi connectivity index (χ2v) is 10.9. The monoisotopic (exact) mass is 455 g/mol. The number of rotatable bonds is 6. The molecular weight excluding hydrogens is 433 g/mol. The Morgan fingerprint density at radius 1 is 1.17 bits per heavy atom. The van der Waals surface area contributed by atoms with Gasteiger partial charge in [-0.2, -0.15) is 4.31 Å². The van der Waals surface area contributed by atoms with E-state index < -0.39 is 20.7 Å². The SMILES string of the molecule is CC(NC(=O)c1ccc(Cl)cc1Cl)C1(c2ccccn2)CN(S(=O)(=O)C(C)C)C1. The summed E-state index contributed by atoms with van der Waals surface area (Å²) in [4.78, 5) is 17.2. The second kappa shape index (κ2) is 8.22. The van der Waals surface area contributed by atoms with Crippen LogP contribution in [0.3, 0.4) is 0 Å². The standard InChI is InChI=1S/C20H23Cl2N3O3S/c1-13(2)29(27,28)25-11-20(12-25,18-6-4-5-9-23-18)14(3)24-19(26)16-8-7-15(21)10-17(16)22/h4-10,13-14H,11-12H2,1-3H3,(H,24,26). The summed E-state index contributed by atoms with van der Waals surface area (Å²) in [6, 6.07) is 9.81. The smallest absolute Gasteiger partial charge is 0.253 e. The molecule has 1 fully saturated rings. The lowest BCUT2D eigenvalue weighted by Crippen LogP contribution is -2.69. The Labute approximate surface area is 181 Å². The molecule has 29 heavy (non-hydrogen) atoms. The Morgan fingerprint density at radius 3 is 2.41 bits per heavy atom. The van der Waals surface area contributed by atoms with Crippen molar-refractivity contribution >= 4 is 39.1 Å². The van der Waals surface area contributed by atoms with Crippen molar-refractivity contribution in [3.63, 3.8) is 0 Å². The van der Waals surface area contributed by atoms with Crippen molar-refractivity contribution in [3.05, 3.63) is 63.9 Å². The summed E-state index contributed by atoms with van der Waals surface area (Å²) >= 11 is 12.1. The molecule has 0 saturated carbocycles. The lowest BCUT2D eigenvalue weighted by Gasteiger charge is -2.52. The van der Waals surface area contributed by atoms with Gasteiger partial charge in [0.25, 0.3) is 5.91 Å². The molecule has 2 aromatic rings. The topological polar surface area (TPSA) is 79.4 Å². The maximum Gasteiger partial charge on any atom is 0.253 e. The molecule has 1 N–H and O–H groups in total. The third kappa shape index (κ3) is 4.14. The number of halogens is 2. The number of sulfonamides is 1. The summed E-state index contributed by atoms with van der Waals surface area (Å²) in [6.45, 7) is 5.67. The van der Waals surface area contributed by atoms with E-state index in [1.807, 2.05) is 19.1 Å². The molecule has 2 heterocycles. The molecule has 1 aromatic heterocycles. The molecule has 9 heteroatoms. The van der Waals surface area contributed by atoms with Crippen LogP contribution in [-0.2, 0) is 15.4 Å². The fraction of sp³-hybridized carbons (Fsp3) is 0.400. The largest absolute Gasteiger partial charge is 0.348 e. The van der Waals surface area contributed by atoms with Crippen molar-refractivity contribution in [2.75, 3.05) is 13.1 Å². The quantitative estimate of drug-likeness (QED) is 0.722. The Kier molecular flexibility index (Phi) is 6.24. The normalized spacial score (nSPS) is 17.6. The summed E-state index contributed by atoms with van der Waals surface area (Å²) in [5, 5.41) is 3.16. The molecule has 1 amide bonds. The van der Waals surface area contributed by atoms with Crippen LogP contribution < -0.4 is 5.32 Å². The summed E-state index contributed by atoms with van der Waals surface area (Å²) in [7, 11) is -3.39. The van der Waals surface area contributed by atoms with Gasteiger partial charge in [0, 0.05) is 30.4 Å². The summed E-state index contributed by atoms with van der Waals surface area (Å²) in [5.74, 6) is -0.348. The highest BCUT2D eigenvalue weighted by molar-refractivity contribution is 7.89. The zero-order valence-corrected chi connectivity index (χ0v) is 18.7. The van der Waals surface area contributed by atoms with Gasteiger partial charge in [-0.15, -0.1) is 0 Å². The van der Waals surface area contributed by atoms with Crippen molar-refractivity contribution in [2.45, 2.75) is 37.5 Å². The van der Waals surface area contributed by atoms with Crippen molar-refractivity contribution in [1.29, 1.82) is 0 Å². The van der Waals surface area contributed by atoms with E-state index in [1.54, 1.807) is 38.2 Å². The highest BCUT2D eigenvalue weighted by Gasteiger charge is 2.54. The first-order valence-corrected chi connectivity index (χ1v) is 11.5. The number of amides is 1. The van der Waals surface area contributed by atoms with Crippen LogP contribution in [-0.4, -0.2) is 48.0 Å². The van der Waals surface area contributed by atoms with Gasteiger partial charge in [0.15, 0.2) is 0 Å². The lowest BCUT2D eigenvalue weighted by molar-refractivity contribution is 0.0798. The van der Waals surface area contributed by atoms with Crippen molar-refractivity contribution in [1.82, 2.24) is 14.6 Å². The molecule has 6 nitrogen and oxygen atoms in total. The first kappa shape index (κ1) is 22.0. The molecule has 1 aliphatic rings. The molecule has 1 unspecified atom stereocenters. The first-order valence-electron chi connectivity index (χ1n) is 9.24. The van der Waals surface area contributed by atoms with Gasteiger partial charge in [-0.05, 0) is 51.1 Å². The van der Waals surface area contributed by atoms with E-state index in [-0.39, 0.29) is 30.1 Å². The fourth-order valence-electron chi connectivity index (χ4n) is 3.46. The number of carbonyl (C=O) groups excluding carboxylic acids is 1. The average Bonchev–Trinajstić information content (AvgIpc) is 2.61. The van der Waals surface area contributed by atoms with Gasteiger partial charge in [0.1, 0.15) is 0 Å². The highest BCUT2D eigenvalue weighted by atomic mass is 35.5. The highest BCUT2D eigenvalue weighted by Crippen LogP contribution is 2.39. The maximum absolute atomic E-state index is 12.8. The van der Waals surface area contributed by atoms with E-state index in [4.69, 9.17) is 23.2 Å². The Morgan fingerprint density at radius 2 is 1.86 bits per heavy atom. The maximum atomic E-state index is 12.8. The molecule has 0 spiro atoms. The number of pyridine rings is 1. The van der Waals surface area contributed by atoms with E-state index in [9.17, 15) is 13.2 Å². The third-order valence-electron chi connectivity index (χ3n) is 5.40. The molecule has 1 saturated heterocycles. The molecule has 0 radical (unpaired) electrons. The van der Waals surface area contributed by atoms with E-state index in [0.717, 1.165) is 5.69 Å². The van der Waals surface area contributed by atoms with E-state index in [1.165, 1.54) is 10.4 Å². The Bertz CT molecular complexity index is 1010. The molecular formula is C20H23Cl2N3O3S. The number of carbonyl (C=O) groups is 1. The summed E-state index contributed by atoms with van der Waals surface area (Å²) < 4.78 is 26.6. The molecule has 1 aromatic carbocycles. The predicted molar refractivity (Wildman–Crippen MR) is 115 cm³/mol. The summed E-state index contributed by atoms with van der Waals surface area (Å²) in [5.41, 5.74) is 0.424. The zero-order valence-electron chi connectivity index (χ0n) is 16.4. The van der Waals surface area contributed by atoms with Crippen molar-refractivity contribution in [2.24, 2.45) is 0 Å². The van der Waals surface area contributed by atoms with Gasteiger partial charge in [0.05, 0.1) is 26.9 Å². The fourth-order valence-corrected chi connectivity index (χ4v) is 5.37. The van der Waals surface area contributed by atoms with Crippen molar-refractivity contribution in [3.8, 4) is 0 Å². The van der Waals surface area contributed by atoms with Gasteiger partial charge < -0.3 is 5.32 Å². The predicted octanol–water partition coefficient (Wildman–Crippen LogP) is 3.50. The van der Waals surface area contributed by atoms with Crippen LogP contribution in [0.1, 0.15) is 36.8 Å². The minimum Gasteiger partial charge on any atom is -0.348 e. The van der Waals surface area contributed by atoms with Crippen LogP contribution >= 0.6 is 23.2 Å². The second-order valence-electron chi connectivity index (χ2n) is 7.55. The lowest BCUT2D eigenvalue weighted by atomic mass is 9.72. The van der Waals surface area contributed by atoms with E-state index in [2.05, 4.69) is 10.3 Å². The van der Waals surface area contributed by atoms with Crippen LogP contribution in [0.25, 0.3) is 0 Å². The van der Waals surface area contributed by atoms with E-state index in [0.29, 0.717) is 10.6 Å². The van der Waals surface area contributed by atoms with Crippen LogP contribution in [0.5, 0.6) is 0 Å². The van der Waals surface area contributed by atoms with Crippen LogP contribution in [0.4, 0.5) is 0 Å². The number of aromatic nitrogens is 1. The molecule has 0 bridgehead atoms. The molecule has 1 atom stereocenters. The third-order valence-corrected chi connectivity index (χ3v) is 8.12. The van der Waals surface area contributed by atoms with Crippen LogP contribution in [0, 0.1) is 0 Å². The van der Waals surface area contributed by atoms with Crippen molar-refractivity contribution < 1.29 is 13.2 Å². The van der Waals surface area contributed by atoms with Crippen LogP contribution in [0.2, 0.25) is 10.0 Å². The first-order chi connectivity index (χ1) is 13.6. The number of benzene rings is 1. The Balaban J connectivity index is 1.87. The number of nitrogens with zero attached hydrogens (tertiary/aromatic N) is 2. The molecule has 156 valence electrons. The Hall–Kier alpha value is -1.67. The van der Waals surface area contributed by atoms with Gasteiger partial charge >= 0.3 is 0 Å². The number of hydrogen-bond acceptors (Lipinski definition) is 4. The number of nitrogens with one attached hydrogen (secondary N) is 1. The van der Waals surface area contributed by atoms with Gasteiger partial charge in [-0.3, -0.25) is 9.78 Å². The van der Waals surface area contributed by atoms with E-state index >= 15 is 0 Å². The molecule has 0 aliphatic carbocycles. The van der Waals surface area contributed by atoms with Gasteiger partial charge in [-0.1, -0.05) is 29.3 Å². The molecule has 3 rings (SSSR count). The zero-order chi connectivity index (χ0) is 21.4.